The fraction of sp³-hybridized carbons (Fsp3) is 1.00. The van der Waals surface area contributed by atoms with Crippen molar-refractivity contribution < 1.29 is 6.51 Å². The van der Waals surface area contributed by atoms with E-state index in [0.29, 0.717) is 0 Å². The molecule has 10 aliphatic rings. The van der Waals surface area contributed by atoms with Crippen LogP contribution in [0.15, 0.2) is 0 Å². The van der Waals surface area contributed by atoms with E-state index in [2.05, 4.69) is 45.2 Å². The molecule has 0 nitrogen and oxygen atoms in total. The quantitative estimate of drug-likeness (QED) is 0.304. The summed E-state index contributed by atoms with van der Waals surface area (Å²) in [5.41, 5.74) is 0. The molecular weight excluding hydrogens is 430 g/mol. The molecule has 0 bridgehead atoms. The van der Waals surface area contributed by atoms with E-state index in [1.807, 2.05) is 0 Å². The van der Waals surface area contributed by atoms with Crippen LogP contribution in [0.2, 0.25) is 38.5 Å². The molecule has 10 heterocycles. The molecule has 10 aliphatic heterocycles. The molecule has 13 heavy (non-hydrogen) atoms. The number of rotatable bonds is 0. The Morgan fingerprint density at radius 3 is 1.08 bits per heavy atom. The fourth-order valence-corrected chi connectivity index (χ4v) is 125. The monoisotopic (exact) mass is 438 g/mol. The topological polar surface area (TPSA) is 0 Å². The molecular formula is C10H8FeI2. The van der Waals surface area contributed by atoms with E-state index in [4.69, 9.17) is 0 Å². The maximum absolute atomic E-state index is 3.07. The molecule has 0 aliphatic carbocycles. The van der Waals surface area contributed by atoms with E-state index < -0.39 is 6.51 Å². The van der Waals surface area contributed by atoms with Gasteiger partial charge in [-0.3, -0.25) is 0 Å². The van der Waals surface area contributed by atoms with Gasteiger partial charge >= 0.3 is 94.9 Å². The van der Waals surface area contributed by atoms with Crippen molar-refractivity contribution in [1.29, 1.82) is 0 Å². The fourth-order valence-electron chi connectivity index (χ4n) is 15.9. The van der Waals surface area contributed by atoms with Crippen molar-refractivity contribution in [2.45, 2.75) is 43.2 Å². The average molecular weight is 438 g/mol. The molecule has 0 radical (unpaired) electrons. The van der Waals surface area contributed by atoms with Crippen LogP contribution in [0.1, 0.15) is 0 Å². The van der Waals surface area contributed by atoms with Gasteiger partial charge in [-0.1, -0.05) is 0 Å². The molecule has 0 amide bonds. The van der Waals surface area contributed by atoms with Gasteiger partial charge in [-0.15, -0.1) is 0 Å². The van der Waals surface area contributed by atoms with Gasteiger partial charge < -0.3 is 0 Å². The van der Waals surface area contributed by atoms with E-state index in [1.54, 1.807) is 0 Å². The van der Waals surface area contributed by atoms with Crippen molar-refractivity contribution >= 4 is 45.2 Å². The van der Waals surface area contributed by atoms with Gasteiger partial charge in [-0.05, 0) is 0 Å². The van der Waals surface area contributed by atoms with Gasteiger partial charge in [0.05, 0.1) is 0 Å². The number of hydrogen-bond donors (Lipinski definition) is 0. The first-order valence-corrected chi connectivity index (χ1v) is 13.9. The zero-order valence-electron chi connectivity index (χ0n) is 6.73. The summed E-state index contributed by atoms with van der Waals surface area (Å²) in [4.78, 5) is 12.0. The van der Waals surface area contributed by atoms with Gasteiger partial charge in [0.25, 0.3) is 0 Å². The maximum atomic E-state index is 3.07. The summed E-state index contributed by atoms with van der Waals surface area (Å²) in [5.74, 6) is 0. The van der Waals surface area contributed by atoms with E-state index in [1.165, 1.54) is 38.5 Å². The third-order valence-corrected chi connectivity index (χ3v) is 78.3. The van der Waals surface area contributed by atoms with Crippen molar-refractivity contribution in [3.63, 3.8) is 0 Å². The Bertz CT molecular complexity index is 822. The van der Waals surface area contributed by atoms with Crippen LogP contribution in [0.3, 0.4) is 0 Å². The Balaban J connectivity index is 2.20. The van der Waals surface area contributed by atoms with Crippen molar-refractivity contribution in [2.24, 2.45) is 0 Å². The first-order chi connectivity index (χ1) is 5.94. The minimum absolute atomic E-state index is 1.09. The van der Waals surface area contributed by atoms with Crippen LogP contribution in [-0.2, 0) is 6.51 Å². The molecule has 4 unspecified atom stereocenters. The van der Waals surface area contributed by atoms with E-state index in [0.717, 1.165) is 4.64 Å². The Morgan fingerprint density at radius 1 is 0.692 bits per heavy atom. The standard InChI is InChI=1S/C5H3I2.C5H5.Fe/c6-4-2-1-3-5(4)7;1-2-4-5-3-1;/h1-3H;1-5H;. The van der Waals surface area contributed by atoms with Crippen LogP contribution in [0.4, 0.5) is 0 Å². The van der Waals surface area contributed by atoms with Crippen LogP contribution < -0.4 is 0 Å². The molecule has 0 aromatic carbocycles. The Labute approximate surface area is 93.5 Å². The third-order valence-electron chi connectivity index (χ3n) is 14.5. The van der Waals surface area contributed by atoms with E-state index >= 15 is 0 Å². The Hall–Kier alpha value is 1.98. The summed E-state index contributed by atoms with van der Waals surface area (Å²) in [5, 5.41) is 0. The molecule has 10 saturated heterocycles. The van der Waals surface area contributed by atoms with Crippen molar-refractivity contribution in [3.05, 3.63) is 0 Å². The average Bonchev–Trinajstić information content (AvgIpc) is 3.02. The van der Waals surface area contributed by atoms with Crippen molar-refractivity contribution in [2.75, 3.05) is 0 Å². The van der Waals surface area contributed by atoms with Gasteiger partial charge in [0.15, 0.2) is 0 Å². The van der Waals surface area contributed by atoms with Crippen LogP contribution >= 0.6 is 45.2 Å². The van der Waals surface area contributed by atoms with Crippen molar-refractivity contribution in [1.82, 2.24) is 0 Å². The summed E-state index contributed by atoms with van der Waals surface area (Å²) in [6, 6.07) is 0. The zero-order chi connectivity index (χ0) is 7.94. The Morgan fingerprint density at radius 2 is 1.08 bits per heavy atom. The molecule has 0 saturated carbocycles. The van der Waals surface area contributed by atoms with Crippen LogP contribution in [0, 0.1) is 0 Å². The Kier molecular flexibility index (Phi) is 0.134. The molecule has 3 heteroatoms. The third kappa shape index (κ3) is 0.0383. The minimum atomic E-state index is -2.65. The number of halogens is 2. The predicted octanol–water partition coefficient (Wildman–Crippen LogP) is 4.06. The number of alkyl halides is 2. The normalized spacial score (nSPS) is 158. The van der Waals surface area contributed by atoms with Gasteiger partial charge in [0, 0.05) is 0 Å². The second-order valence-corrected chi connectivity index (χ2v) is 38.1. The summed E-state index contributed by atoms with van der Waals surface area (Å²) >= 11 is 6.14. The SMILES string of the molecule is I[C]12[CH]3[CH]4[CH]5[C]1(I)[Fe]43521678[CH]2[CH]1[CH]6[CH]7[CH]28. The first-order valence-electron chi connectivity index (χ1n) is 5.53. The summed E-state index contributed by atoms with van der Waals surface area (Å²) in [6.45, 7) is -2.65. The summed E-state index contributed by atoms with van der Waals surface area (Å²) < 4.78 is 2.18. The molecule has 70 valence electrons. The second kappa shape index (κ2) is 0.342. The van der Waals surface area contributed by atoms with E-state index in [-0.39, 0.29) is 0 Å². The summed E-state index contributed by atoms with van der Waals surface area (Å²) in [7, 11) is 0. The van der Waals surface area contributed by atoms with Crippen LogP contribution in [0.5, 0.6) is 0 Å². The van der Waals surface area contributed by atoms with Gasteiger partial charge in [0.1, 0.15) is 0 Å². The van der Waals surface area contributed by atoms with Gasteiger partial charge in [-0.2, -0.15) is 0 Å². The van der Waals surface area contributed by atoms with Crippen LogP contribution in [-0.4, -0.2) is 4.64 Å². The van der Waals surface area contributed by atoms with Gasteiger partial charge in [-0.25, -0.2) is 0 Å². The molecule has 0 N–H and O–H groups in total. The van der Waals surface area contributed by atoms with E-state index in [9.17, 15) is 0 Å². The molecule has 10 rings (SSSR count). The summed E-state index contributed by atoms with van der Waals surface area (Å²) in [6.07, 6.45) is 0. The number of hydrogen-bond acceptors (Lipinski definition) is 0. The molecule has 10 fully saturated rings. The van der Waals surface area contributed by atoms with Gasteiger partial charge in [0.2, 0.25) is 0 Å². The first kappa shape index (κ1) is 5.09. The van der Waals surface area contributed by atoms with Crippen molar-refractivity contribution in [3.8, 4) is 0 Å². The van der Waals surface area contributed by atoms with Crippen LogP contribution in [0.25, 0.3) is 0 Å². The molecule has 0 aromatic heterocycles. The molecule has 0 aromatic rings. The number of fused-ring (bicyclic) bond motifs is 10. The zero-order valence-corrected chi connectivity index (χ0v) is 12.1. The molecule has 4 atom stereocenters. The second-order valence-electron chi connectivity index (χ2n) is 9.57. The predicted molar refractivity (Wildman–Crippen MR) is 63.5 cm³/mol. The molecule has 1 spiro atoms.